The fraction of sp³-hybridized carbons (Fsp3) is 0.538. The lowest BCUT2D eigenvalue weighted by Gasteiger charge is -2.05. The molecule has 2 rings (SSSR count). The Balaban J connectivity index is 1.83. The molecular weight excluding hydrogens is 202 g/mol. The fourth-order valence-corrected chi connectivity index (χ4v) is 2.00. The van der Waals surface area contributed by atoms with Crippen LogP contribution in [0, 0.1) is 0 Å². The van der Waals surface area contributed by atoms with Crippen molar-refractivity contribution < 1.29 is 9.47 Å². The lowest BCUT2D eigenvalue weighted by molar-refractivity contribution is 0.173. The molecule has 2 N–H and O–H groups in total. The molecule has 16 heavy (non-hydrogen) atoms. The smallest absolute Gasteiger partial charge is 0.231 e. The minimum absolute atomic E-state index is 0.361. The van der Waals surface area contributed by atoms with Crippen LogP contribution < -0.4 is 15.2 Å². The van der Waals surface area contributed by atoms with E-state index in [0.717, 1.165) is 30.9 Å². The number of fused-ring (bicyclic) bond motifs is 1. The minimum atomic E-state index is 0.361. The number of hydrogen-bond donors (Lipinski definition) is 1. The molecule has 0 bridgehead atoms. The molecule has 1 aliphatic rings. The average Bonchev–Trinajstić information content (AvgIpc) is 2.77. The molecule has 88 valence electrons. The van der Waals surface area contributed by atoms with Crippen molar-refractivity contribution in [1.29, 1.82) is 0 Å². The fourth-order valence-electron chi connectivity index (χ4n) is 2.00. The van der Waals surface area contributed by atoms with Crippen molar-refractivity contribution >= 4 is 0 Å². The Hall–Kier alpha value is -1.22. The molecule has 0 atom stereocenters. The van der Waals surface area contributed by atoms with E-state index in [-0.39, 0.29) is 0 Å². The Morgan fingerprint density at radius 2 is 1.94 bits per heavy atom. The molecule has 0 radical (unpaired) electrons. The standard InChI is InChI=1S/C13H19NO2/c14-9-4-2-1-3-6-11-7-5-8-12-13(11)16-10-15-12/h5,7-8H,1-4,6,9-10,14H2. The first-order valence-corrected chi connectivity index (χ1v) is 5.99. The number of ether oxygens (including phenoxy) is 2. The van der Waals surface area contributed by atoms with E-state index in [9.17, 15) is 0 Å². The summed E-state index contributed by atoms with van der Waals surface area (Å²) in [6, 6.07) is 6.11. The molecule has 1 aliphatic heterocycles. The molecule has 0 fully saturated rings. The van der Waals surface area contributed by atoms with E-state index < -0.39 is 0 Å². The molecule has 1 heterocycles. The maximum absolute atomic E-state index is 5.47. The van der Waals surface area contributed by atoms with Crippen LogP contribution in [0.5, 0.6) is 11.5 Å². The lowest BCUT2D eigenvalue weighted by Crippen LogP contribution is -1.98. The highest BCUT2D eigenvalue weighted by Crippen LogP contribution is 2.35. The number of hydrogen-bond acceptors (Lipinski definition) is 3. The van der Waals surface area contributed by atoms with Crippen LogP contribution in [-0.2, 0) is 6.42 Å². The van der Waals surface area contributed by atoms with Crippen LogP contribution in [0.3, 0.4) is 0 Å². The third kappa shape index (κ3) is 2.67. The van der Waals surface area contributed by atoms with Gasteiger partial charge in [0.05, 0.1) is 0 Å². The molecule has 3 heteroatoms. The first-order chi connectivity index (χ1) is 7.92. The molecule has 0 saturated heterocycles. The molecule has 1 aromatic rings. The first kappa shape index (κ1) is 11.3. The van der Waals surface area contributed by atoms with E-state index in [4.69, 9.17) is 15.2 Å². The van der Waals surface area contributed by atoms with Crippen molar-refractivity contribution in [3.63, 3.8) is 0 Å². The van der Waals surface area contributed by atoms with Gasteiger partial charge in [0.2, 0.25) is 6.79 Å². The summed E-state index contributed by atoms with van der Waals surface area (Å²) in [6.45, 7) is 1.16. The summed E-state index contributed by atoms with van der Waals surface area (Å²) in [5.41, 5.74) is 6.73. The van der Waals surface area contributed by atoms with Gasteiger partial charge >= 0.3 is 0 Å². The van der Waals surface area contributed by atoms with Gasteiger partial charge in [-0.15, -0.1) is 0 Å². The first-order valence-electron chi connectivity index (χ1n) is 5.99. The summed E-state index contributed by atoms with van der Waals surface area (Å²) in [7, 11) is 0. The second-order valence-corrected chi connectivity index (χ2v) is 4.10. The second-order valence-electron chi connectivity index (χ2n) is 4.10. The van der Waals surface area contributed by atoms with Crippen LogP contribution in [0.15, 0.2) is 18.2 Å². The van der Waals surface area contributed by atoms with Crippen molar-refractivity contribution in [1.82, 2.24) is 0 Å². The highest BCUT2D eigenvalue weighted by atomic mass is 16.7. The van der Waals surface area contributed by atoms with Gasteiger partial charge in [-0.3, -0.25) is 0 Å². The predicted octanol–water partition coefficient (Wildman–Crippen LogP) is 2.48. The summed E-state index contributed by atoms with van der Waals surface area (Å²) >= 11 is 0. The van der Waals surface area contributed by atoms with Crippen molar-refractivity contribution in [2.24, 2.45) is 5.73 Å². The quantitative estimate of drug-likeness (QED) is 0.750. The van der Waals surface area contributed by atoms with Crippen molar-refractivity contribution in [3.05, 3.63) is 23.8 Å². The molecule has 0 aromatic heterocycles. The van der Waals surface area contributed by atoms with Gasteiger partial charge in [0.15, 0.2) is 11.5 Å². The zero-order valence-electron chi connectivity index (χ0n) is 9.58. The van der Waals surface area contributed by atoms with E-state index in [1.165, 1.54) is 24.8 Å². The highest BCUT2D eigenvalue weighted by Gasteiger charge is 2.16. The summed E-state index contributed by atoms with van der Waals surface area (Å²) in [6.07, 6.45) is 5.86. The summed E-state index contributed by atoms with van der Waals surface area (Å²) < 4.78 is 10.8. The van der Waals surface area contributed by atoms with Gasteiger partial charge < -0.3 is 15.2 Å². The van der Waals surface area contributed by atoms with Gasteiger partial charge in [0.25, 0.3) is 0 Å². The van der Waals surface area contributed by atoms with Crippen LogP contribution in [0.2, 0.25) is 0 Å². The minimum Gasteiger partial charge on any atom is -0.454 e. The zero-order valence-corrected chi connectivity index (χ0v) is 9.58. The largest absolute Gasteiger partial charge is 0.454 e. The number of unbranched alkanes of at least 4 members (excludes halogenated alkanes) is 3. The van der Waals surface area contributed by atoms with Gasteiger partial charge in [0, 0.05) is 0 Å². The van der Waals surface area contributed by atoms with Crippen molar-refractivity contribution in [2.75, 3.05) is 13.3 Å². The van der Waals surface area contributed by atoms with Crippen LogP contribution in [-0.4, -0.2) is 13.3 Å². The Bertz CT molecular complexity index is 339. The molecular formula is C13H19NO2. The molecule has 0 aliphatic carbocycles. The van der Waals surface area contributed by atoms with Gasteiger partial charge in [-0.2, -0.15) is 0 Å². The van der Waals surface area contributed by atoms with Gasteiger partial charge in [0.1, 0.15) is 0 Å². The molecule has 3 nitrogen and oxygen atoms in total. The molecule has 0 saturated carbocycles. The van der Waals surface area contributed by atoms with Crippen molar-refractivity contribution in [2.45, 2.75) is 32.1 Å². The summed E-state index contributed by atoms with van der Waals surface area (Å²) in [4.78, 5) is 0. The van der Waals surface area contributed by atoms with Crippen LogP contribution in [0.25, 0.3) is 0 Å². The number of aryl methyl sites for hydroxylation is 1. The SMILES string of the molecule is NCCCCCCc1cccc2c1OCO2. The maximum Gasteiger partial charge on any atom is 0.231 e. The molecule has 0 spiro atoms. The molecule has 0 unspecified atom stereocenters. The van der Waals surface area contributed by atoms with E-state index in [0.29, 0.717) is 6.79 Å². The highest BCUT2D eigenvalue weighted by molar-refractivity contribution is 5.48. The third-order valence-electron chi connectivity index (χ3n) is 2.88. The van der Waals surface area contributed by atoms with Gasteiger partial charge in [-0.25, -0.2) is 0 Å². The Morgan fingerprint density at radius 3 is 2.81 bits per heavy atom. The number of para-hydroxylation sites is 1. The van der Waals surface area contributed by atoms with E-state index in [2.05, 4.69) is 6.07 Å². The van der Waals surface area contributed by atoms with Crippen LogP contribution in [0.4, 0.5) is 0 Å². The van der Waals surface area contributed by atoms with Crippen LogP contribution in [0.1, 0.15) is 31.2 Å². The second kappa shape index (κ2) is 5.75. The Kier molecular flexibility index (Phi) is 4.05. The molecule has 1 aromatic carbocycles. The average molecular weight is 221 g/mol. The molecule has 0 amide bonds. The third-order valence-corrected chi connectivity index (χ3v) is 2.88. The van der Waals surface area contributed by atoms with Gasteiger partial charge in [-0.05, 0) is 37.4 Å². The predicted molar refractivity (Wildman–Crippen MR) is 63.8 cm³/mol. The Morgan fingerprint density at radius 1 is 1.06 bits per heavy atom. The van der Waals surface area contributed by atoms with Crippen LogP contribution >= 0.6 is 0 Å². The number of nitrogens with two attached hydrogens (primary N) is 1. The Labute approximate surface area is 96.5 Å². The summed E-state index contributed by atoms with van der Waals surface area (Å²) in [5.74, 6) is 1.83. The number of benzene rings is 1. The lowest BCUT2D eigenvalue weighted by atomic mass is 10.0. The van der Waals surface area contributed by atoms with E-state index >= 15 is 0 Å². The summed E-state index contributed by atoms with van der Waals surface area (Å²) in [5, 5.41) is 0. The van der Waals surface area contributed by atoms with E-state index in [1.807, 2.05) is 12.1 Å². The number of rotatable bonds is 6. The maximum atomic E-state index is 5.47. The normalized spacial score (nSPS) is 13.1. The van der Waals surface area contributed by atoms with Crippen molar-refractivity contribution in [3.8, 4) is 11.5 Å². The van der Waals surface area contributed by atoms with Gasteiger partial charge in [-0.1, -0.05) is 25.0 Å². The van der Waals surface area contributed by atoms with E-state index in [1.54, 1.807) is 0 Å². The topological polar surface area (TPSA) is 44.5 Å². The zero-order chi connectivity index (χ0) is 11.2. The monoisotopic (exact) mass is 221 g/mol.